The Morgan fingerprint density at radius 1 is 1.29 bits per heavy atom. The first-order valence-electron chi connectivity index (χ1n) is 5.97. The molecule has 0 amide bonds. The van der Waals surface area contributed by atoms with Gasteiger partial charge < -0.3 is 10.1 Å². The molecule has 1 aliphatic heterocycles. The summed E-state index contributed by atoms with van der Waals surface area (Å²) in [5, 5.41) is 3.56. The molecule has 0 aromatic carbocycles. The van der Waals surface area contributed by atoms with Crippen molar-refractivity contribution < 1.29 is 4.74 Å². The van der Waals surface area contributed by atoms with E-state index in [0.29, 0.717) is 24.1 Å². The Morgan fingerprint density at radius 3 is 2.50 bits per heavy atom. The van der Waals surface area contributed by atoms with E-state index >= 15 is 0 Å². The van der Waals surface area contributed by atoms with E-state index in [1.54, 1.807) is 0 Å². The molecule has 0 spiro atoms. The van der Waals surface area contributed by atoms with Gasteiger partial charge in [0.2, 0.25) is 0 Å². The molecule has 1 saturated heterocycles. The first-order valence-corrected chi connectivity index (χ1v) is 5.97. The molecule has 1 rings (SSSR count). The third kappa shape index (κ3) is 3.97. The molecule has 84 valence electrons. The van der Waals surface area contributed by atoms with Crippen LogP contribution in [0.4, 0.5) is 0 Å². The van der Waals surface area contributed by atoms with Crippen molar-refractivity contribution >= 4 is 0 Å². The Morgan fingerprint density at radius 2 is 2.00 bits per heavy atom. The summed E-state index contributed by atoms with van der Waals surface area (Å²) in [6, 6.07) is 1.18. The average Bonchev–Trinajstić information content (AvgIpc) is 2.55. The zero-order chi connectivity index (χ0) is 10.6. The van der Waals surface area contributed by atoms with Gasteiger partial charge in [0.25, 0.3) is 0 Å². The van der Waals surface area contributed by atoms with Gasteiger partial charge in [-0.1, -0.05) is 20.8 Å². The molecule has 0 aromatic rings. The Balaban J connectivity index is 2.21. The summed E-state index contributed by atoms with van der Waals surface area (Å²) in [5.41, 5.74) is 0. The molecular weight excluding hydrogens is 174 g/mol. The summed E-state index contributed by atoms with van der Waals surface area (Å²) in [7, 11) is 0. The zero-order valence-corrected chi connectivity index (χ0v) is 10.0. The molecular formula is C12H25NO. The van der Waals surface area contributed by atoms with E-state index in [0.717, 1.165) is 6.61 Å². The number of hydrogen-bond donors (Lipinski definition) is 1. The molecule has 0 aliphatic carbocycles. The van der Waals surface area contributed by atoms with Crippen molar-refractivity contribution in [1.82, 2.24) is 5.32 Å². The fourth-order valence-corrected chi connectivity index (χ4v) is 2.14. The standard InChI is InChI=1S/C12H25NO/c1-9(2)13-11(4)10(3)8-12-6-5-7-14-12/h9-13H,5-8H2,1-4H3. The maximum Gasteiger partial charge on any atom is 0.0579 e. The molecule has 2 nitrogen and oxygen atoms in total. The van der Waals surface area contributed by atoms with Crippen molar-refractivity contribution in [3.63, 3.8) is 0 Å². The monoisotopic (exact) mass is 199 g/mol. The van der Waals surface area contributed by atoms with Crippen molar-refractivity contribution in [2.75, 3.05) is 6.61 Å². The minimum absolute atomic E-state index is 0.529. The smallest absolute Gasteiger partial charge is 0.0579 e. The van der Waals surface area contributed by atoms with Crippen LogP contribution in [-0.4, -0.2) is 24.8 Å². The van der Waals surface area contributed by atoms with Crippen LogP contribution in [-0.2, 0) is 4.74 Å². The van der Waals surface area contributed by atoms with E-state index in [9.17, 15) is 0 Å². The third-order valence-electron chi connectivity index (χ3n) is 3.11. The van der Waals surface area contributed by atoms with Crippen LogP contribution in [0.1, 0.15) is 47.0 Å². The normalized spacial score (nSPS) is 26.8. The van der Waals surface area contributed by atoms with Gasteiger partial charge in [0.05, 0.1) is 6.10 Å². The highest BCUT2D eigenvalue weighted by Gasteiger charge is 2.21. The highest BCUT2D eigenvalue weighted by atomic mass is 16.5. The molecule has 0 saturated carbocycles. The molecule has 0 radical (unpaired) electrons. The summed E-state index contributed by atoms with van der Waals surface area (Å²) in [4.78, 5) is 0. The number of hydrogen-bond acceptors (Lipinski definition) is 2. The highest BCUT2D eigenvalue weighted by Crippen LogP contribution is 2.21. The van der Waals surface area contributed by atoms with Crippen molar-refractivity contribution in [3.8, 4) is 0 Å². The maximum absolute atomic E-state index is 5.65. The van der Waals surface area contributed by atoms with E-state index in [1.165, 1.54) is 19.3 Å². The lowest BCUT2D eigenvalue weighted by Gasteiger charge is -2.25. The van der Waals surface area contributed by atoms with E-state index in [-0.39, 0.29) is 0 Å². The second kappa shape index (κ2) is 5.72. The first kappa shape index (κ1) is 12.0. The van der Waals surface area contributed by atoms with E-state index in [2.05, 4.69) is 33.0 Å². The van der Waals surface area contributed by atoms with E-state index < -0.39 is 0 Å². The SMILES string of the molecule is CC(C)NC(C)C(C)CC1CCCO1. The van der Waals surface area contributed by atoms with Gasteiger partial charge in [-0.2, -0.15) is 0 Å². The number of ether oxygens (including phenoxy) is 1. The Hall–Kier alpha value is -0.0800. The summed E-state index contributed by atoms with van der Waals surface area (Å²) < 4.78 is 5.65. The van der Waals surface area contributed by atoms with Crippen LogP contribution in [0.15, 0.2) is 0 Å². The fraction of sp³-hybridized carbons (Fsp3) is 1.00. The van der Waals surface area contributed by atoms with Gasteiger partial charge in [-0.3, -0.25) is 0 Å². The van der Waals surface area contributed by atoms with Crippen LogP contribution in [0.5, 0.6) is 0 Å². The van der Waals surface area contributed by atoms with Gasteiger partial charge in [-0.25, -0.2) is 0 Å². The molecule has 1 heterocycles. The van der Waals surface area contributed by atoms with Crippen LogP contribution in [0.3, 0.4) is 0 Å². The average molecular weight is 199 g/mol. The van der Waals surface area contributed by atoms with Crippen LogP contribution < -0.4 is 5.32 Å². The number of nitrogens with one attached hydrogen (secondary N) is 1. The third-order valence-corrected chi connectivity index (χ3v) is 3.11. The largest absolute Gasteiger partial charge is 0.378 e. The topological polar surface area (TPSA) is 21.3 Å². The molecule has 0 bridgehead atoms. The maximum atomic E-state index is 5.65. The predicted octanol–water partition coefficient (Wildman–Crippen LogP) is 2.58. The molecule has 0 aromatic heterocycles. The summed E-state index contributed by atoms with van der Waals surface area (Å²) in [5.74, 6) is 0.709. The molecule has 1 N–H and O–H groups in total. The lowest BCUT2D eigenvalue weighted by Crippen LogP contribution is -2.38. The van der Waals surface area contributed by atoms with E-state index in [1.807, 2.05) is 0 Å². The van der Waals surface area contributed by atoms with E-state index in [4.69, 9.17) is 4.74 Å². The van der Waals surface area contributed by atoms with Gasteiger partial charge in [0.1, 0.15) is 0 Å². The van der Waals surface area contributed by atoms with Gasteiger partial charge in [-0.15, -0.1) is 0 Å². The van der Waals surface area contributed by atoms with Gasteiger partial charge in [0.15, 0.2) is 0 Å². The van der Waals surface area contributed by atoms with Gasteiger partial charge >= 0.3 is 0 Å². The molecule has 1 fully saturated rings. The van der Waals surface area contributed by atoms with Crippen molar-refractivity contribution in [3.05, 3.63) is 0 Å². The van der Waals surface area contributed by atoms with Crippen molar-refractivity contribution in [2.45, 2.75) is 65.1 Å². The minimum Gasteiger partial charge on any atom is -0.378 e. The molecule has 3 atom stereocenters. The van der Waals surface area contributed by atoms with Crippen LogP contribution in [0.25, 0.3) is 0 Å². The molecule has 2 heteroatoms. The van der Waals surface area contributed by atoms with Crippen LogP contribution in [0.2, 0.25) is 0 Å². The lowest BCUT2D eigenvalue weighted by atomic mass is 9.95. The first-order chi connectivity index (χ1) is 6.59. The molecule has 14 heavy (non-hydrogen) atoms. The fourth-order valence-electron chi connectivity index (χ4n) is 2.14. The summed E-state index contributed by atoms with van der Waals surface area (Å²) >= 11 is 0. The molecule has 3 unspecified atom stereocenters. The quantitative estimate of drug-likeness (QED) is 0.735. The van der Waals surface area contributed by atoms with Gasteiger partial charge in [-0.05, 0) is 32.1 Å². The Bertz CT molecular complexity index is 152. The summed E-state index contributed by atoms with van der Waals surface area (Å²) in [6.45, 7) is 9.98. The number of rotatable bonds is 5. The highest BCUT2D eigenvalue weighted by molar-refractivity contribution is 4.75. The van der Waals surface area contributed by atoms with Crippen molar-refractivity contribution in [1.29, 1.82) is 0 Å². The lowest BCUT2D eigenvalue weighted by molar-refractivity contribution is 0.0863. The van der Waals surface area contributed by atoms with Crippen LogP contribution >= 0.6 is 0 Å². The molecule has 1 aliphatic rings. The van der Waals surface area contributed by atoms with Gasteiger partial charge in [0, 0.05) is 18.7 Å². The predicted molar refractivity (Wildman–Crippen MR) is 60.5 cm³/mol. The van der Waals surface area contributed by atoms with Crippen LogP contribution in [0, 0.1) is 5.92 Å². The second-order valence-corrected chi connectivity index (χ2v) is 4.96. The summed E-state index contributed by atoms with van der Waals surface area (Å²) in [6.07, 6.45) is 4.25. The Kier molecular flexibility index (Phi) is 4.90. The van der Waals surface area contributed by atoms with Crippen molar-refractivity contribution in [2.24, 2.45) is 5.92 Å². The minimum atomic E-state index is 0.529. The second-order valence-electron chi connectivity index (χ2n) is 4.96. The Labute approximate surface area is 88.4 Å². The zero-order valence-electron chi connectivity index (χ0n) is 10.0.